The third-order valence-electron chi connectivity index (χ3n) is 2.41. The van der Waals surface area contributed by atoms with Gasteiger partial charge in [-0.15, -0.1) is 16.4 Å². The number of aromatic nitrogens is 4. The first-order valence-corrected chi connectivity index (χ1v) is 6.14. The van der Waals surface area contributed by atoms with Crippen molar-refractivity contribution in [2.24, 2.45) is 5.73 Å². The maximum Gasteiger partial charge on any atom is 0.146 e. The smallest absolute Gasteiger partial charge is 0.146 e. The van der Waals surface area contributed by atoms with E-state index >= 15 is 0 Å². The van der Waals surface area contributed by atoms with E-state index in [4.69, 9.17) is 5.73 Å². The third-order valence-corrected chi connectivity index (χ3v) is 3.47. The molecule has 0 atom stereocenters. The van der Waals surface area contributed by atoms with Crippen molar-refractivity contribution < 1.29 is 0 Å². The second kappa shape index (κ2) is 4.23. The number of rotatable bonds is 3. The van der Waals surface area contributed by atoms with Gasteiger partial charge in [0, 0.05) is 6.54 Å². The largest absolute Gasteiger partial charge is 0.329 e. The molecule has 0 unspecified atom stereocenters. The Morgan fingerprint density at radius 2 is 2.18 bits per heavy atom. The molecule has 3 rings (SSSR count). The topological polar surface area (TPSA) is 69.6 Å². The summed E-state index contributed by atoms with van der Waals surface area (Å²) in [6.45, 7) is 1.24. The minimum absolute atomic E-state index is 0.558. The fourth-order valence-corrected chi connectivity index (χ4v) is 2.53. The van der Waals surface area contributed by atoms with Gasteiger partial charge >= 0.3 is 0 Å². The molecule has 0 amide bonds. The molecule has 0 saturated carbocycles. The number of nitrogens with two attached hydrogens (primary N) is 1. The second-order valence-corrected chi connectivity index (χ2v) is 4.67. The number of thiazole rings is 1. The summed E-state index contributed by atoms with van der Waals surface area (Å²) in [4.78, 5) is 4.53. The van der Waals surface area contributed by atoms with Crippen molar-refractivity contribution in [2.75, 3.05) is 6.54 Å². The van der Waals surface area contributed by atoms with Gasteiger partial charge in [0.15, 0.2) is 0 Å². The van der Waals surface area contributed by atoms with Gasteiger partial charge in [-0.05, 0) is 12.1 Å². The van der Waals surface area contributed by atoms with Crippen LogP contribution in [-0.4, -0.2) is 26.5 Å². The highest BCUT2D eigenvalue weighted by atomic mass is 32.1. The van der Waals surface area contributed by atoms with Gasteiger partial charge in [-0.2, -0.15) is 0 Å². The highest BCUT2D eigenvalue weighted by Crippen LogP contribution is 2.28. The van der Waals surface area contributed by atoms with Crippen LogP contribution < -0.4 is 5.73 Å². The number of para-hydroxylation sites is 1. The van der Waals surface area contributed by atoms with E-state index in [0.717, 1.165) is 20.9 Å². The molecule has 0 aliphatic heterocycles. The number of nitrogens with zero attached hydrogens (tertiary/aromatic N) is 4. The van der Waals surface area contributed by atoms with E-state index in [1.807, 2.05) is 24.4 Å². The molecule has 0 fully saturated rings. The Bertz CT molecular complexity index is 609. The zero-order chi connectivity index (χ0) is 11.7. The first kappa shape index (κ1) is 10.4. The van der Waals surface area contributed by atoms with E-state index in [0.29, 0.717) is 13.1 Å². The number of fused-ring (bicyclic) bond motifs is 1. The van der Waals surface area contributed by atoms with Crippen LogP contribution in [-0.2, 0) is 6.54 Å². The molecule has 0 saturated heterocycles. The molecule has 0 aliphatic rings. The molecule has 86 valence electrons. The lowest BCUT2D eigenvalue weighted by Crippen LogP contribution is -2.10. The Morgan fingerprint density at radius 1 is 1.29 bits per heavy atom. The quantitative estimate of drug-likeness (QED) is 0.759. The van der Waals surface area contributed by atoms with Crippen molar-refractivity contribution in [3.05, 3.63) is 30.5 Å². The van der Waals surface area contributed by atoms with E-state index in [9.17, 15) is 0 Å². The fraction of sp³-hybridized carbons (Fsp3) is 0.182. The Morgan fingerprint density at radius 3 is 3.00 bits per heavy atom. The molecule has 0 radical (unpaired) electrons. The Hall–Kier alpha value is -1.79. The van der Waals surface area contributed by atoms with E-state index in [2.05, 4.69) is 21.4 Å². The standard InChI is InChI=1S/C11H11N5S/c12-5-6-16-7-9(14-15-16)11-13-8-3-1-2-4-10(8)17-11/h1-4,7H,5-6,12H2. The van der Waals surface area contributed by atoms with Crippen LogP contribution in [0.25, 0.3) is 20.9 Å². The number of hydrogen-bond donors (Lipinski definition) is 1. The third kappa shape index (κ3) is 1.92. The van der Waals surface area contributed by atoms with Crippen molar-refractivity contribution >= 4 is 21.6 Å². The number of hydrogen-bond acceptors (Lipinski definition) is 5. The van der Waals surface area contributed by atoms with Crippen LogP contribution in [0, 0.1) is 0 Å². The van der Waals surface area contributed by atoms with Crippen molar-refractivity contribution in [3.63, 3.8) is 0 Å². The molecule has 2 heterocycles. The molecule has 2 N–H and O–H groups in total. The average Bonchev–Trinajstić information content (AvgIpc) is 2.94. The Balaban J connectivity index is 2.01. The second-order valence-electron chi connectivity index (χ2n) is 3.64. The molecular weight excluding hydrogens is 234 g/mol. The minimum atomic E-state index is 0.558. The molecule has 0 bridgehead atoms. The number of benzene rings is 1. The van der Waals surface area contributed by atoms with Crippen LogP contribution in [0.1, 0.15) is 0 Å². The van der Waals surface area contributed by atoms with E-state index in [1.54, 1.807) is 16.0 Å². The summed E-state index contributed by atoms with van der Waals surface area (Å²) in [7, 11) is 0. The molecule has 0 aliphatic carbocycles. The summed E-state index contributed by atoms with van der Waals surface area (Å²) >= 11 is 1.62. The zero-order valence-corrected chi connectivity index (χ0v) is 9.89. The lowest BCUT2D eigenvalue weighted by Gasteiger charge is -1.92. The fourth-order valence-electron chi connectivity index (χ4n) is 1.62. The molecule has 6 heteroatoms. The van der Waals surface area contributed by atoms with Crippen molar-refractivity contribution in [2.45, 2.75) is 6.54 Å². The van der Waals surface area contributed by atoms with Crippen molar-refractivity contribution in [1.82, 2.24) is 20.0 Å². The van der Waals surface area contributed by atoms with Crippen molar-refractivity contribution in [1.29, 1.82) is 0 Å². The molecule has 17 heavy (non-hydrogen) atoms. The van der Waals surface area contributed by atoms with E-state index in [1.165, 1.54) is 0 Å². The lowest BCUT2D eigenvalue weighted by atomic mass is 10.3. The summed E-state index contributed by atoms with van der Waals surface area (Å²) in [5, 5.41) is 9.01. The van der Waals surface area contributed by atoms with E-state index < -0.39 is 0 Å². The Kier molecular flexibility index (Phi) is 2.58. The first-order valence-electron chi connectivity index (χ1n) is 5.33. The summed E-state index contributed by atoms with van der Waals surface area (Å²) in [6, 6.07) is 8.05. The molecule has 2 aromatic heterocycles. The van der Waals surface area contributed by atoms with Gasteiger partial charge in [-0.25, -0.2) is 4.98 Å². The van der Waals surface area contributed by atoms with Crippen LogP contribution in [0.4, 0.5) is 0 Å². The summed E-state index contributed by atoms with van der Waals surface area (Å²) < 4.78 is 2.90. The minimum Gasteiger partial charge on any atom is -0.329 e. The van der Waals surface area contributed by atoms with Gasteiger partial charge in [0.2, 0.25) is 0 Å². The van der Waals surface area contributed by atoms with Gasteiger partial charge in [-0.3, -0.25) is 4.68 Å². The summed E-state index contributed by atoms with van der Waals surface area (Å²) in [5.41, 5.74) is 7.27. The van der Waals surface area contributed by atoms with Gasteiger partial charge in [0.25, 0.3) is 0 Å². The normalized spacial score (nSPS) is 11.1. The van der Waals surface area contributed by atoms with Crippen LogP contribution in [0.3, 0.4) is 0 Å². The predicted octanol–water partition coefficient (Wildman–Crippen LogP) is 1.51. The van der Waals surface area contributed by atoms with Gasteiger partial charge in [0.05, 0.1) is 23.0 Å². The maximum atomic E-state index is 5.47. The van der Waals surface area contributed by atoms with E-state index in [-0.39, 0.29) is 0 Å². The molecule has 3 aromatic rings. The van der Waals surface area contributed by atoms with Gasteiger partial charge in [-0.1, -0.05) is 17.3 Å². The lowest BCUT2D eigenvalue weighted by molar-refractivity contribution is 0.598. The molecule has 5 nitrogen and oxygen atoms in total. The predicted molar refractivity (Wildman–Crippen MR) is 67.7 cm³/mol. The first-order chi connectivity index (χ1) is 8.36. The van der Waals surface area contributed by atoms with Crippen molar-refractivity contribution in [3.8, 4) is 10.7 Å². The highest BCUT2D eigenvalue weighted by molar-refractivity contribution is 7.21. The molecule has 1 aromatic carbocycles. The summed E-state index contributed by atoms with van der Waals surface area (Å²) in [6.07, 6.45) is 1.88. The summed E-state index contributed by atoms with van der Waals surface area (Å²) in [5.74, 6) is 0. The zero-order valence-electron chi connectivity index (χ0n) is 9.08. The van der Waals surface area contributed by atoms with Crippen LogP contribution in [0.15, 0.2) is 30.5 Å². The van der Waals surface area contributed by atoms with Crippen LogP contribution >= 0.6 is 11.3 Å². The SMILES string of the molecule is NCCn1cc(-c2nc3ccccc3s2)nn1. The molecular formula is C11H11N5S. The monoisotopic (exact) mass is 245 g/mol. The average molecular weight is 245 g/mol. The van der Waals surface area contributed by atoms with Crippen LogP contribution in [0.5, 0.6) is 0 Å². The van der Waals surface area contributed by atoms with Gasteiger partial charge in [0.1, 0.15) is 10.7 Å². The van der Waals surface area contributed by atoms with Crippen LogP contribution in [0.2, 0.25) is 0 Å². The Labute approximate surface area is 102 Å². The maximum absolute atomic E-state index is 5.47. The molecule has 0 spiro atoms. The highest BCUT2D eigenvalue weighted by Gasteiger charge is 2.09. The van der Waals surface area contributed by atoms with Gasteiger partial charge < -0.3 is 5.73 Å².